The van der Waals surface area contributed by atoms with Crippen molar-refractivity contribution < 1.29 is 4.74 Å². The summed E-state index contributed by atoms with van der Waals surface area (Å²) >= 11 is 0. The third-order valence-electron chi connectivity index (χ3n) is 3.85. The predicted molar refractivity (Wildman–Crippen MR) is 89.6 cm³/mol. The van der Waals surface area contributed by atoms with Gasteiger partial charge in [0.1, 0.15) is 11.3 Å². The first-order valence-corrected chi connectivity index (χ1v) is 7.57. The molecule has 0 saturated carbocycles. The second kappa shape index (κ2) is 6.32. The number of aromatic nitrogens is 3. The molecule has 0 bridgehead atoms. The monoisotopic (exact) mass is 297 g/mol. The van der Waals surface area contributed by atoms with Gasteiger partial charge in [-0.15, -0.1) is 0 Å². The second-order valence-corrected chi connectivity index (χ2v) is 5.34. The highest BCUT2D eigenvalue weighted by Gasteiger charge is 2.16. The Morgan fingerprint density at radius 1 is 1.27 bits per heavy atom. The van der Waals surface area contributed by atoms with Crippen molar-refractivity contribution in [1.82, 2.24) is 14.5 Å². The lowest BCUT2D eigenvalue weighted by molar-refractivity contribution is 0.199. The van der Waals surface area contributed by atoms with Gasteiger partial charge in [0.2, 0.25) is 0 Å². The SMILES string of the molecule is [CH2]CCCn1c(CCOC)nc2c(N)nc3ccccc3c21. The summed E-state index contributed by atoms with van der Waals surface area (Å²) in [6.07, 6.45) is 2.65. The van der Waals surface area contributed by atoms with E-state index >= 15 is 0 Å². The number of rotatable bonds is 6. The van der Waals surface area contributed by atoms with Gasteiger partial charge in [-0.05, 0) is 12.5 Å². The Morgan fingerprint density at radius 3 is 2.86 bits per heavy atom. The summed E-state index contributed by atoms with van der Waals surface area (Å²) in [5.41, 5.74) is 8.89. The van der Waals surface area contributed by atoms with Crippen LogP contribution in [0.25, 0.3) is 21.9 Å². The van der Waals surface area contributed by atoms with Crippen molar-refractivity contribution in [3.8, 4) is 0 Å². The van der Waals surface area contributed by atoms with Crippen molar-refractivity contribution >= 4 is 27.8 Å². The van der Waals surface area contributed by atoms with Crippen LogP contribution in [-0.4, -0.2) is 28.3 Å². The van der Waals surface area contributed by atoms with Crippen LogP contribution in [-0.2, 0) is 17.7 Å². The second-order valence-electron chi connectivity index (χ2n) is 5.34. The quantitative estimate of drug-likeness (QED) is 0.759. The molecule has 0 atom stereocenters. The average Bonchev–Trinajstić information content (AvgIpc) is 2.90. The van der Waals surface area contributed by atoms with Gasteiger partial charge in [0.05, 0.1) is 17.6 Å². The first kappa shape index (κ1) is 14.8. The molecule has 22 heavy (non-hydrogen) atoms. The number of hydrogen-bond acceptors (Lipinski definition) is 4. The molecular weight excluding hydrogens is 276 g/mol. The number of ether oxygens (including phenoxy) is 1. The first-order valence-electron chi connectivity index (χ1n) is 7.57. The lowest BCUT2D eigenvalue weighted by Crippen LogP contribution is -2.07. The smallest absolute Gasteiger partial charge is 0.152 e. The van der Waals surface area contributed by atoms with Gasteiger partial charge in [0.15, 0.2) is 5.82 Å². The fourth-order valence-corrected chi connectivity index (χ4v) is 2.80. The molecule has 1 radical (unpaired) electrons. The van der Waals surface area contributed by atoms with E-state index in [2.05, 4.69) is 22.5 Å². The molecule has 0 aliphatic rings. The molecule has 0 amide bonds. The zero-order valence-corrected chi connectivity index (χ0v) is 12.9. The maximum atomic E-state index is 6.13. The van der Waals surface area contributed by atoms with Crippen molar-refractivity contribution in [3.63, 3.8) is 0 Å². The zero-order valence-electron chi connectivity index (χ0n) is 12.9. The number of nitrogens with zero attached hydrogens (tertiary/aromatic N) is 3. The van der Waals surface area contributed by atoms with Crippen LogP contribution < -0.4 is 5.73 Å². The van der Waals surface area contributed by atoms with Gasteiger partial charge in [-0.3, -0.25) is 0 Å². The minimum Gasteiger partial charge on any atom is -0.384 e. The molecule has 0 spiro atoms. The predicted octanol–water partition coefficient (Wildman–Crippen LogP) is 2.97. The normalized spacial score (nSPS) is 11.5. The molecule has 5 heteroatoms. The Labute approximate surface area is 130 Å². The van der Waals surface area contributed by atoms with Crippen molar-refractivity contribution in [2.75, 3.05) is 19.5 Å². The van der Waals surface area contributed by atoms with Crippen molar-refractivity contribution in [2.45, 2.75) is 25.8 Å². The van der Waals surface area contributed by atoms with E-state index < -0.39 is 0 Å². The van der Waals surface area contributed by atoms with Crippen molar-refractivity contribution in [1.29, 1.82) is 0 Å². The number of benzene rings is 1. The van der Waals surface area contributed by atoms with Crippen LogP contribution in [0.15, 0.2) is 24.3 Å². The minimum atomic E-state index is 0.487. The number of pyridine rings is 1. The van der Waals surface area contributed by atoms with E-state index in [-0.39, 0.29) is 0 Å². The molecule has 115 valence electrons. The van der Waals surface area contributed by atoms with Crippen LogP contribution in [0, 0.1) is 6.92 Å². The van der Waals surface area contributed by atoms with Gasteiger partial charge in [0.25, 0.3) is 0 Å². The van der Waals surface area contributed by atoms with Crippen LogP contribution in [0.2, 0.25) is 0 Å². The van der Waals surface area contributed by atoms with Crippen LogP contribution >= 0.6 is 0 Å². The van der Waals surface area contributed by atoms with Gasteiger partial charge in [-0.2, -0.15) is 0 Å². The molecule has 1 aromatic carbocycles. The molecule has 0 aliphatic carbocycles. The number of aryl methyl sites for hydroxylation is 1. The fraction of sp³-hybridized carbons (Fsp3) is 0.353. The van der Waals surface area contributed by atoms with Crippen molar-refractivity contribution in [2.24, 2.45) is 0 Å². The van der Waals surface area contributed by atoms with Gasteiger partial charge in [-0.1, -0.05) is 31.5 Å². The van der Waals surface area contributed by atoms with Crippen LogP contribution in [0.3, 0.4) is 0 Å². The number of nitrogen functional groups attached to an aromatic ring is 1. The number of hydrogen-bond donors (Lipinski definition) is 1. The molecule has 2 N–H and O–H groups in total. The number of unbranched alkanes of at least 4 members (excludes halogenated alkanes) is 1. The molecule has 0 saturated heterocycles. The molecule has 0 fully saturated rings. The van der Waals surface area contributed by atoms with E-state index in [1.165, 1.54) is 0 Å². The summed E-state index contributed by atoms with van der Waals surface area (Å²) in [7, 11) is 1.70. The highest BCUT2D eigenvalue weighted by Crippen LogP contribution is 2.29. The number of para-hydroxylation sites is 1. The van der Waals surface area contributed by atoms with Crippen LogP contribution in [0.5, 0.6) is 0 Å². The first-order chi connectivity index (χ1) is 10.8. The summed E-state index contributed by atoms with van der Waals surface area (Å²) in [5, 5.41) is 1.09. The third kappa shape index (κ3) is 2.52. The standard InChI is InChI=1S/C17H21N4O/c1-3-4-10-21-14(9-11-22-2)20-15-16(21)12-7-5-6-8-13(12)19-17(15)18/h5-8H,1,3-4,9-11H2,2H3,(H2,18,19). The van der Waals surface area contributed by atoms with Gasteiger partial charge in [0, 0.05) is 25.5 Å². The molecule has 5 nitrogen and oxygen atoms in total. The highest BCUT2D eigenvalue weighted by molar-refractivity contribution is 6.06. The number of anilines is 1. The number of imidazole rings is 1. The zero-order chi connectivity index (χ0) is 15.5. The molecular formula is C17H21N4O. The van der Waals surface area contributed by atoms with Gasteiger partial charge < -0.3 is 15.0 Å². The molecule has 3 aromatic rings. The Kier molecular flexibility index (Phi) is 4.24. The summed E-state index contributed by atoms with van der Waals surface area (Å²) < 4.78 is 7.46. The molecule has 2 heterocycles. The lowest BCUT2D eigenvalue weighted by Gasteiger charge is -2.10. The molecule has 0 unspecified atom stereocenters. The van der Waals surface area contributed by atoms with Gasteiger partial charge in [-0.25, -0.2) is 9.97 Å². The van der Waals surface area contributed by atoms with E-state index in [1.807, 2.05) is 18.2 Å². The summed E-state index contributed by atoms with van der Waals surface area (Å²) in [6.45, 7) is 5.46. The summed E-state index contributed by atoms with van der Waals surface area (Å²) in [5.74, 6) is 1.48. The summed E-state index contributed by atoms with van der Waals surface area (Å²) in [6, 6.07) is 8.06. The third-order valence-corrected chi connectivity index (χ3v) is 3.85. The van der Waals surface area contributed by atoms with E-state index in [9.17, 15) is 0 Å². The number of fused-ring (bicyclic) bond motifs is 3. The van der Waals surface area contributed by atoms with E-state index in [0.717, 1.165) is 53.6 Å². The Hall–Kier alpha value is -2.14. The number of methoxy groups -OCH3 is 1. The van der Waals surface area contributed by atoms with E-state index in [4.69, 9.17) is 15.5 Å². The highest BCUT2D eigenvalue weighted by atomic mass is 16.5. The largest absolute Gasteiger partial charge is 0.384 e. The number of nitrogens with two attached hydrogens (primary N) is 1. The molecule has 3 rings (SSSR count). The Balaban J connectivity index is 2.27. The Morgan fingerprint density at radius 2 is 2.09 bits per heavy atom. The maximum Gasteiger partial charge on any atom is 0.152 e. The lowest BCUT2D eigenvalue weighted by atomic mass is 10.2. The fourth-order valence-electron chi connectivity index (χ4n) is 2.80. The minimum absolute atomic E-state index is 0.487. The van der Waals surface area contributed by atoms with Gasteiger partial charge >= 0.3 is 0 Å². The summed E-state index contributed by atoms with van der Waals surface area (Å²) in [4.78, 5) is 9.20. The molecule has 2 aromatic heterocycles. The van der Waals surface area contributed by atoms with E-state index in [1.54, 1.807) is 7.11 Å². The molecule has 0 aliphatic heterocycles. The maximum absolute atomic E-state index is 6.13. The average molecular weight is 297 g/mol. The van der Waals surface area contributed by atoms with Crippen LogP contribution in [0.4, 0.5) is 5.82 Å². The van der Waals surface area contributed by atoms with Crippen molar-refractivity contribution in [3.05, 3.63) is 37.0 Å². The van der Waals surface area contributed by atoms with E-state index in [0.29, 0.717) is 12.4 Å². The topological polar surface area (TPSA) is 66.0 Å². The Bertz CT molecular complexity index is 794. The van der Waals surface area contributed by atoms with Crippen LogP contribution in [0.1, 0.15) is 18.7 Å².